The molecule has 0 aromatic heterocycles. The van der Waals surface area contributed by atoms with Crippen molar-refractivity contribution in [1.29, 1.82) is 0 Å². The van der Waals surface area contributed by atoms with Gasteiger partial charge in [-0.15, -0.1) is 6.42 Å². The Morgan fingerprint density at radius 1 is 0.793 bits per heavy atom. The van der Waals surface area contributed by atoms with Crippen LogP contribution in [0.25, 0.3) is 0 Å². The van der Waals surface area contributed by atoms with Crippen molar-refractivity contribution in [3.8, 4) is 12.3 Å². The van der Waals surface area contributed by atoms with Crippen LogP contribution in [-0.4, -0.2) is 85.7 Å². The quantitative estimate of drug-likeness (QED) is 0.289. The molecule has 0 saturated heterocycles. The van der Waals surface area contributed by atoms with Gasteiger partial charge in [0.1, 0.15) is 6.61 Å². The van der Waals surface area contributed by atoms with Crippen molar-refractivity contribution in [3.63, 3.8) is 0 Å². The second kappa shape index (κ2) is 18.1. The topological polar surface area (TPSA) is 84.5 Å². The number of benzene rings is 1. The first-order valence-corrected chi connectivity index (χ1v) is 9.50. The van der Waals surface area contributed by atoms with Crippen molar-refractivity contribution in [3.05, 3.63) is 29.8 Å². The van der Waals surface area contributed by atoms with Gasteiger partial charge in [-0.3, -0.25) is 4.79 Å². The molecule has 1 aromatic rings. The molecular formula is C21H31NO7. The predicted molar refractivity (Wildman–Crippen MR) is 109 cm³/mol. The van der Waals surface area contributed by atoms with E-state index in [0.29, 0.717) is 71.8 Å². The summed E-state index contributed by atoms with van der Waals surface area (Å²) in [5.41, 5.74) is 1.44. The summed E-state index contributed by atoms with van der Waals surface area (Å²) in [6.45, 7) is 4.86. The van der Waals surface area contributed by atoms with E-state index in [-0.39, 0.29) is 12.5 Å². The normalized spacial score (nSPS) is 10.6. The van der Waals surface area contributed by atoms with Gasteiger partial charge in [0.15, 0.2) is 0 Å². The predicted octanol–water partition coefficient (Wildman–Crippen LogP) is 1.34. The molecule has 1 amide bonds. The zero-order valence-electron chi connectivity index (χ0n) is 17.0. The van der Waals surface area contributed by atoms with Crippen LogP contribution in [0.15, 0.2) is 24.3 Å². The summed E-state index contributed by atoms with van der Waals surface area (Å²) in [5, 5.41) is 2.73. The Bertz CT molecular complexity index is 571. The van der Waals surface area contributed by atoms with Gasteiger partial charge in [0.05, 0.1) is 66.1 Å². The Hall–Kier alpha value is -1.99. The number of amides is 1. The van der Waals surface area contributed by atoms with Crippen LogP contribution in [0.2, 0.25) is 0 Å². The number of methoxy groups -OCH3 is 1. The lowest BCUT2D eigenvalue weighted by Gasteiger charge is -2.08. The number of hydrogen-bond acceptors (Lipinski definition) is 7. The third kappa shape index (κ3) is 14.6. The van der Waals surface area contributed by atoms with Crippen LogP contribution in [0.1, 0.15) is 5.56 Å². The molecule has 0 spiro atoms. The average molecular weight is 409 g/mol. The van der Waals surface area contributed by atoms with E-state index in [1.54, 1.807) is 31.4 Å². The molecule has 0 unspecified atom stereocenters. The van der Waals surface area contributed by atoms with Crippen molar-refractivity contribution in [2.24, 2.45) is 0 Å². The molecule has 0 aliphatic heterocycles. The Labute approximate surface area is 172 Å². The molecule has 8 heteroatoms. The maximum Gasteiger partial charge on any atom is 0.250 e. The summed E-state index contributed by atoms with van der Waals surface area (Å²) in [4.78, 5) is 11.8. The summed E-state index contributed by atoms with van der Waals surface area (Å²) < 4.78 is 31.5. The molecule has 0 bridgehead atoms. The molecule has 0 radical (unpaired) electrons. The van der Waals surface area contributed by atoms with Gasteiger partial charge in [-0.2, -0.15) is 0 Å². The molecule has 0 aliphatic rings. The van der Waals surface area contributed by atoms with Crippen molar-refractivity contribution in [2.75, 3.05) is 85.1 Å². The highest BCUT2D eigenvalue weighted by atomic mass is 16.6. The fourth-order valence-electron chi connectivity index (χ4n) is 2.03. The number of carbonyl (C=O) groups is 1. The van der Waals surface area contributed by atoms with E-state index in [9.17, 15) is 4.79 Å². The van der Waals surface area contributed by atoms with E-state index in [4.69, 9.17) is 34.8 Å². The number of rotatable bonds is 18. The first kappa shape index (κ1) is 25.0. The van der Waals surface area contributed by atoms with Crippen LogP contribution in [0.5, 0.6) is 0 Å². The van der Waals surface area contributed by atoms with Gasteiger partial charge in [-0.1, -0.05) is 5.92 Å². The van der Waals surface area contributed by atoms with Gasteiger partial charge in [-0.05, 0) is 24.3 Å². The minimum Gasteiger partial charge on any atom is -0.382 e. The van der Waals surface area contributed by atoms with Crippen molar-refractivity contribution in [1.82, 2.24) is 0 Å². The molecule has 0 heterocycles. The van der Waals surface area contributed by atoms with E-state index in [1.807, 2.05) is 0 Å². The Morgan fingerprint density at radius 3 is 1.69 bits per heavy atom. The SMILES string of the molecule is C#Cc1ccc(NC(=O)COCCOCCOCCOCCOCCOC)cc1. The average Bonchev–Trinajstić information content (AvgIpc) is 2.74. The highest BCUT2D eigenvalue weighted by Crippen LogP contribution is 2.08. The number of hydrogen-bond donors (Lipinski definition) is 1. The monoisotopic (exact) mass is 409 g/mol. The third-order valence-corrected chi connectivity index (χ3v) is 3.49. The standard InChI is InChI=1S/C21H31NO7/c1-3-19-4-6-20(7-5-19)22-21(23)18-29-17-16-28-15-14-27-13-12-26-11-10-25-9-8-24-2/h1,4-7H,8-18H2,2H3,(H,22,23). The summed E-state index contributed by atoms with van der Waals surface area (Å²) in [5.74, 6) is 2.29. The molecular weight excluding hydrogens is 378 g/mol. The molecule has 8 nitrogen and oxygen atoms in total. The lowest BCUT2D eigenvalue weighted by Crippen LogP contribution is -2.20. The van der Waals surface area contributed by atoms with Crippen LogP contribution < -0.4 is 5.32 Å². The third-order valence-electron chi connectivity index (χ3n) is 3.49. The maximum absolute atomic E-state index is 11.8. The molecule has 1 aromatic carbocycles. The lowest BCUT2D eigenvalue weighted by atomic mass is 10.2. The van der Waals surface area contributed by atoms with Crippen LogP contribution >= 0.6 is 0 Å². The summed E-state index contributed by atoms with van der Waals surface area (Å²) in [6.07, 6.45) is 5.29. The molecule has 0 fully saturated rings. The smallest absolute Gasteiger partial charge is 0.250 e. The molecule has 162 valence electrons. The van der Waals surface area contributed by atoms with Gasteiger partial charge in [0, 0.05) is 18.4 Å². The van der Waals surface area contributed by atoms with Gasteiger partial charge in [0.2, 0.25) is 5.91 Å². The fourth-order valence-corrected chi connectivity index (χ4v) is 2.03. The van der Waals surface area contributed by atoms with E-state index in [0.717, 1.165) is 5.56 Å². The second-order valence-corrected chi connectivity index (χ2v) is 5.76. The molecule has 1 rings (SSSR count). The first-order valence-electron chi connectivity index (χ1n) is 9.50. The minimum atomic E-state index is -0.231. The van der Waals surface area contributed by atoms with E-state index >= 15 is 0 Å². The van der Waals surface area contributed by atoms with Crippen molar-refractivity contribution < 1.29 is 33.2 Å². The van der Waals surface area contributed by atoms with Crippen molar-refractivity contribution in [2.45, 2.75) is 0 Å². The molecule has 0 aliphatic carbocycles. The van der Waals surface area contributed by atoms with E-state index in [2.05, 4.69) is 11.2 Å². The maximum atomic E-state index is 11.8. The van der Waals surface area contributed by atoms with Crippen LogP contribution in [0.3, 0.4) is 0 Å². The van der Waals surface area contributed by atoms with Crippen LogP contribution in [-0.2, 0) is 33.2 Å². The summed E-state index contributed by atoms with van der Waals surface area (Å²) >= 11 is 0. The molecule has 0 atom stereocenters. The largest absolute Gasteiger partial charge is 0.382 e. The number of carbonyl (C=O) groups excluding carboxylic acids is 1. The number of nitrogens with one attached hydrogen (secondary N) is 1. The Morgan fingerprint density at radius 2 is 1.24 bits per heavy atom. The van der Waals surface area contributed by atoms with E-state index < -0.39 is 0 Å². The fraction of sp³-hybridized carbons (Fsp3) is 0.571. The lowest BCUT2D eigenvalue weighted by molar-refractivity contribution is -0.121. The molecule has 0 saturated carbocycles. The van der Waals surface area contributed by atoms with Crippen LogP contribution in [0, 0.1) is 12.3 Å². The number of anilines is 1. The molecule has 29 heavy (non-hydrogen) atoms. The highest BCUT2D eigenvalue weighted by molar-refractivity contribution is 5.91. The van der Waals surface area contributed by atoms with Gasteiger partial charge in [-0.25, -0.2) is 0 Å². The second-order valence-electron chi connectivity index (χ2n) is 5.76. The summed E-state index contributed by atoms with van der Waals surface area (Å²) in [6, 6.07) is 7.02. The summed E-state index contributed by atoms with van der Waals surface area (Å²) in [7, 11) is 1.64. The Kier molecular flexibility index (Phi) is 15.6. The number of terminal acetylenes is 1. The van der Waals surface area contributed by atoms with Crippen LogP contribution in [0.4, 0.5) is 5.69 Å². The van der Waals surface area contributed by atoms with Gasteiger partial charge < -0.3 is 33.7 Å². The first-order chi connectivity index (χ1) is 14.3. The van der Waals surface area contributed by atoms with Gasteiger partial charge >= 0.3 is 0 Å². The Balaban J connectivity index is 1.82. The zero-order valence-corrected chi connectivity index (χ0v) is 17.0. The van der Waals surface area contributed by atoms with E-state index in [1.165, 1.54) is 0 Å². The van der Waals surface area contributed by atoms with Gasteiger partial charge in [0.25, 0.3) is 0 Å². The van der Waals surface area contributed by atoms with Crippen molar-refractivity contribution >= 4 is 11.6 Å². The molecule has 1 N–H and O–H groups in total. The zero-order chi connectivity index (χ0) is 21.0. The number of ether oxygens (including phenoxy) is 6. The minimum absolute atomic E-state index is 0.0384. The highest BCUT2D eigenvalue weighted by Gasteiger charge is 2.02.